The number of aryl methyl sites for hydroxylation is 1. The summed E-state index contributed by atoms with van der Waals surface area (Å²) in [5, 5.41) is 6.19. The van der Waals surface area contributed by atoms with E-state index >= 15 is 0 Å². The van der Waals surface area contributed by atoms with Crippen LogP contribution in [0.25, 0.3) is 11.4 Å². The molecule has 0 radical (unpaired) electrons. The first kappa shape index (κ1) is 22.2. The van der Waals surface area contributed by atoms with Crippen molar-refractivity contribution >= 4 is 11.7 Å². The van der Waals surface area contributed by atoms with Crippen molar-refractivity contribution in [1.82, 2.24) is 31.1 Å². The predicted octanol–water partition coefficient (Wildman–Crippen LogP) is 2.93. The average Bonchev–Trinajstić information content (AvgIpc) is 3.22. The van der Waals surface area contributed by atoms with Crippen LogP contribution in [0.2, 0.25) is 0 Å². The Morgan fingerprint density at radius 1 is 1.12 bits per heavy atom. The molecule has 1 unspecified atom stereocenters. The molecule has 4 N–H and O–H groups in total. The molecule has 1 aromatic carbocycles. The summed E-state index contributed by atoms with van der Waals surface area (Å²) in [5.41, 5.74) is 10.1. The predicted molar refractivity (Wildman–Crippen MR) is 126 cm³/mol. The molecular weight excluding hydrogens is 418 g/mol. The molecule has 33 heavy (non-hydrogen) atoms. The first-order valence-electron chi connectivity index (χ1n) is 10.8. The number of nitrogens with zero attached hydrogens (tertiary/aromatic N) is 3. The minimum Gasteiger partial charge on any atom is -0.494 e. The second kappa shape index (κ2) is 10.1. The molecule has 2 aromatic heterocycles. The molecule has 9 heteroatoms. The van der Waals surface area contributed by atoms with Gasteiger partial charge in [0.15, 0.2) is 5.82 Å². The molecule has 4 rings (SSSR count). The average molecular weight is 446 g/mol. The third-order valence-corrected chi connectivity index (χ3v) is 4.94. The highest BCUT2D eigenvalue weighted by molar-refractivity contribution is 5.92. The summed E-state index contributed by atoms with van der Waals surface area (Å²) < 4.78 is 5.44. The molecule has 1 amide bonds. The molecule has 0 spiro atoms. The lowest BCUT2D eigenvalue weighted by atomic mass is 10.2. The molecule has 1 aliphatic rings. The Bertz CT molecular complexity index is 1140. The third kappa shape index (κ3) is 5.83. The van der Waals surface area contributed by atoms with Crippen molar-refractivity contribution in [1.29, 1.82) is 0 Å². The largest absolute Gasteiger partial charge is 0.494 e. The summed E-state index contributed by atoms with van der Waals surface area (Å²) in [4.78, 5) is 25.9. The standard InChI is InChI=1S/C24H27N7O2/c1-4-33-19-8-5-17(6-9-19)13-26-24(32)20-10-7-18(14-25-20)23-27-15(2)11-21(29-23)28-22-12-16(3)30-31-22/h5-12,14,22,30-31H,4,13H2,1-3H3,(H,26,32)(H,27,28,29). The van der Waals surface area contributed by atoms with Gasteiger partial charge < -0.3 is 20.8 Å². The molecular formula is C24H27N7O2. The summed E-state index contributed by atoms with van der Waals surface area (Å²) in [5.74, 6) is 1.80. The van der Waals surface area contributed by atoms with Crippen LogP contribution in [-0.2, 0) is 6.54 Å². The van der Waals surface area contributed by atoms with Gasteiger partial charge in [0.25, 0.3) is 5.91 Å². The number of rotatable bonds is 8. The number of carbonyl (C=O) groups is 1. The van der Waals surface area contributed by atoms with Gasteiger partial charge in [0.1, 0.15) is 23.4 Å². The monoisotopic (exact) mass is 445 g/mol. The maximum atomic E-state index is 12.5. The minimum absolute atomic E-state index is 0.0632. The van der Waals surface area contributed by atoms with Crippen LogP contribution in [0.15, 0.2) is 60.4 Å². The van der Waals surface area contributed by atoms with E-state index in [0.29, 0.717) is 30.5 Å². The Morgan fingerprint density at radius 3 is 2.61 bits per heavy atom. The number of aromatic nitrogens is 3. The highest BCUT2D eigenvalue weighted by Gasteiger charge is 2.14. The zero-order valence-electron chi connectivity index (χ0n) is 18.8. The summed E-state index contributed by atoms with van der Waals surface area (Å²) in [7, 11) is 0. The fourth-order valence-electron chi connectivity index (χ4n) is 3.34. The number of carbonyl (C=O) groups excluding carboxylic acids is 1. The summed E-state index contributed by atoms with van der Waals surface area (Å²) in [6, 6.07) is 13.0. The zero-order chi connectivity index (χ0) is 23.2. The van der Waals surface area contributed by atoms with Gasteiger partial charge in [-0.15, -0.1) is 0 Å². The number of benzene rings is 1. The van der Waals surface area contributed by atoms with Crippen molar-refractivity contribution in [2.45, 2.75) is 33.5 Å². The molecule has 3 aromatic rings. The van der Waals surface area contributed by atoms with E-state index in [1.807, 2.05) is 57.2 Å². The van der Waals surface area contributed by atoms with Crippen LogP contribution in [-0.4, -0.2) is 33.6 Å². The van der Waals surface area contributed by atoms with Crippen molar-refractivity contribution in [2.75, 3.05) is 11.9 Å². The lowest BCUT2D eigenvalue weighted by Gasteiger charge is -2.13. The first-order valence-corrected chi connectivity index (χ1v) is 10.8. The van der Waals surface area contributed by atoms with Crippen molar-refractivity contribution in [3.63, 3.8) is 0 Å². The number of hydrogen-bond donors (Lipinski definition) is 4. The lowest BCUT2D eigenvalue weighted by Crippen LogP contribution is -2.37. The smallest absolute Gasteiger partial charge is 0.270 e. The maximum absolute atomic E-state index is 12.5. The normalized spacial score (nSPS) is 14.9. The van der Waals surface area contributed by atoms with Crippen LogP contribution >= 0.6 is 0 Å². The van der Waals surface area contributed by atoms with Crippen LogP contribution in [0.4, 0.5) is 5.82 Å². The Labute approximate surface area is 192 Å². The fourth-order valence-corrected chi connectivity index (χ4v) is 3.34. The quantitative estimate of drug-likeness (QED) is 0.419. The number of nitrogens with one attached hydrogen (secondary N) is 4. The van der Waals surface area contributed by atoms with E-state index < -0.39 is 0 Å². The van der Waals surface area contributed by atoms with E-state index in [1.165, 1.54) is 0 Å². The van der Waals surface area contributed by atoms with Gasteiger partial charge in [-0.25, -0.2) is 15.4 Å². The highest BCUT2D eigenvalue weighted by Crippen LogP contribution is 2.18. The molecule has 9 nitrogen and oxygen atoms in total. The van der Waals surface area contributed by atoms with Crippen molar-refractivity contribution in [3.05, 3.63) is 77.4 Å². The van der Waals surface area contributed by atoms with E-state index in [0.717, 1.165) is 28.3 Å². The van der Waals surface area contributed by atoms with E-state index in [2.05, 4.69) is 36.4 Å². The van der Waals surface area contributed by atoms with Gasteiger partial charge in [-0.2, -0.15) is 0 Å². The molecule has 0 bridgehead atoms. The van der Waals surface area contributed by atoms with Crippen LogP contribution < -0.4 is 26.2 Å². The third-order valence-electron chi connectivity index (χ3n) is 4.94. The molecule has 170 valence electrons. The maximum Gasteiger partial charge on any atom is 0.270 e. The fraction of sp³-hybridized carbons (Fsp3) is 0.250. The first-order chi connectivity index (χ1) is 16.0. The van der Waals surface area contributed by atoms with Gasteiger partial charge in [0.05, 0.1) is 6.61 Å². The van der Waals surface area contributed by atoms with E-state index in [1.54, 1.807) is 18.3 Å². The molecule has 1 atom stereocenters. The molecule has 1 aliphatic heterocycles. The Morgan fingerprint density at radius 2 is 1.94 bits per heavy atom. The zero-order valence-corrected chi connectivity index (χ0v) is 18.8. The second-order valence-electron chi connectivity index (χ2n) is 7.65. The highest BCUT2D eigenvalue weighted by atomic mass is 16.5. The van der Waals surface area contributed by atoms with E-state index in [9.17, 15) is 4.79 Å². The topological polar surface area (TPSA) is 113 Å². The summed E-state index contributed by atoms with van der Waals surface area (Å²) in [6.07, 6.45) is 3.58. The Kier molecular flexibility index (Phi) is 6.80. The number of allylic oxidation sites excluding steroid dienone is 1. The van der Waals surface area contributed by atoms with E-state index in [-0.39, 0.29) is 12.1 Å². The van der Waals surface area contributed by atoms with Crippen LogP contribution in [0, 0.1) is 6.92 Å². The summed E-state index contributed by atoms with van der Waals surface area (Å²) >= 11 is 0. The number of ether oxygens (including phenoxy) is 1. The van der Waals surface area contributed by atoms with Crippen molar-refractivity contribution in [2.24, 2.45) is 0 Å². The molecule has 0 aliphatic carbocycles. The molecule has 0 saturated carbocycles. The lowest BCUT2D eigenvalue weighted by molar-refractivity contribution is 0.0946. The molecule has 0 fully saturated rings. The number of pyridine rings is 1. The number of hydrazine groups is 1. The van der Waals surface area contributed by atoms with Gasteiger partial charge in [0.2, 0.25) is 0 Å². The molecule has 0 saturated heterocycles. The SMILES string of the molecule is CCOc1ccc(CNC(=O)c2ccc(-c3nc(C)cc(NC4C=C(C)NN4)n3)cn2)cc1. The van der Waals surface area contributed by atoms with Gasteiger partial charge in [-0.3, -0.25) is 9.78 Å². The van der Waals surface area contributed by atoms with Gasteiger partial charge >= 0.3 is 0 Å². The second-order valence-corrected chi connectivity index (χ2v) is 7.65. The number of hydrogen-bond acceptors (Lipinski definition) is 8. The van der Waals surface area contributed by atoms with Gasteiger partial charge in [-0.05, 0) is 56.7 Å². The van der Waals surface area contributed by atoms with Crippen molar-refractivity contribution < 1.29 is 9.53 Å². The van der Waals surface area contributed by atoms with Crippen LogP contribution in [0.1, 0.15) is 35.6 Å². The minimum atomic E-state index is -0.245. The Hall–Kier alpha value is -3.98. The Balaban J connectivity index is 1.39. The van der Waals surface area contributed by atoms with Gasteiger partial charge in [0, 0.05) is 35.8 Å². The van der Waals surface area contributed by atoms with Crippen LogP contribution in [0.3, 0.4) is 0 Å². The molecule has 3 heterocycles. The summed E-state index contributed by atoms with van der Waals surface area (Å²) in [6.45, 7) is 6.86. The number of anilines is 1. The number of amides is 1. The van der Waals surface area contributed by atoms with Crippen LogP contribution in [0.5, 0.6) is 5.75 Å². The van der Waals surface area contributed by atoms with Gasteiger partial charge in [-0.1, -0.05) is 12.1 Å². The van der Waals surface area contributed by atoms with Crippen molar-refractivity contribution in [3.8, 4) is 17.1 Å². The van der Waals surface area contributed by atoms with E-state index in [4.69, 9.17) is 4.74 Å².